The minimum atomic E-state index is -0.478. The van der Waals surface area contributed by atoms with Gasteiger partial charge in [0.05, 0.1) is 17.8 Å². The average molecular weight is 276 g/mol. The molecule has 0 radical (unpaired) electrons. The Morgan fingerprint density at radius 3 is 2.55 bits per heavy atom. The number of likely N-dealkylation sites (tertiary alicyclic amines) is 1. The minimum Gasteiger partial charge on any atom is -0.489 e. The zero-order valence-electron chi connectivity index (χ0n) is 12.8. The zero-order chi connectivity index (χ0) is 14.8. The molecule has 1 aromatic heterocycles. The highest BCUT2D eigenvalue weighted by Gasteiger charge is 2.36. The molecule has 0 spiro atoms. The van der Waals surface area contributed by atoms with Crippen molar-refractivity contribution in [3.8, 4) is 5.75 Å². The molecule has 1 aliphatic rings. The van der Waals surface area contributed by atoms with Gasteiger partial charge in [-0.05, 0) is 59.7 Å². The average Bonchev–Trinajstić information content (AvgIpc) is 2.92. The van der Waals surface area contributed by atoms with Crippen molar-refractivity contribution >= 4 is 5.78 Å². The van der Waals surface area contributed by atoms with E-state index in [9.17, 15) is 4.79 Å². The van der Waals surface area contributed by atoms with E-state index in [1.807, 2.05) is 27.7 Å². The number of hydrogen-bond acceptors (Lipinski definition) is 4. The lowest BCUT2D eigenvalue weighted by Crippen LogP contribution is -2.48. The molecule has 1 aliphatic heterocycles. The molecule has 0 N–H and O–H groups in total. The molecule has 0 aromatic carbocycles. The van der Waals surface area contributed by atoms with Crippen LogP contribution >= 0.6 is 0 Å². The van der Waals surface area contributed by atoms with Gasteiger partial charge >= 0.3 is 0 Å². The molecule has 2 rings (SSSR count). The summed E-state index contributed by atoms with van der Waals surface area (Å²) in [7, 11) is 0. The van der Waals surface area contributed by atoms with Gasteiger partial charge < -0.3 is 4.74 Å². The number of nitrogens with zero attached hydrogens (tertiary/aromatic N) is 2. The van der Waals surface area contributed by atoms with Gasteiger partial charge in [-0.2, -0.15) is 0 Å². The van der Waals surface area contributed by atoms with Gasteiger partial charge in [0.2, 0.25) is 0 Å². The Bertz CT molecular complexity index is 477. The van der Waals surface area contributed by atoms with E-state index in [1.54, 1.807) is 18.5 Å². The van der Waals surface area contributed by atoms with E-state index < -0.39 is 5.54 Å². The van der Waals surface area contributed by atoms with Crippen LogP contribution in [0.2, 0.25) is 0 Å². The number of carbonyl (C=O) groups excluding carboxylic acids is 1. The van der Waals surface area contributed by atoms with Crippen molar-refractivity contribution in [2.45, 2.75) is 52.2 Å². The van der Waals surface area contributed by atoms with Crippen LogP contribution in [0.3, 0.4) is 0 Å². The molecule has 0 bridgehead atoms. The van der Waals surface area contributed by atoms with Crippen LogP contribution in [0.25, 0.3) is 0 Å². The number of ether oxygens (including phenoxy) is 1. The van der Waals surface area contributed by atoms with E-state index in [2.05, 4.69) is 9.88 Å². The summed E-state index contributed by atoms with van der Waals surface area (Å²) in [5.41, 5.74) is 0.148. The monoisotopic (exact) mass is 276 g/mol. The molecule has 20 heavy (non-hydrogen) atoms. The summed E-state index contributed by atoms with van der Waals surface area (Å²) >= 11 is 0. The highest BCUT2D eigenvalue weighted by molar-refractivity contribution is 6.02. The molecule has 110 valence electrons. The van der Waals surface area contributed by atoms with Crippen LogP contribution in [0, 0.1) is 0 Å². The summed E-state index contributed by atoms with van der Waals surface area (Å²) in [5, 5.41) is 0. The smallest absolute Gasteiger partial charge is 0.184 e. The van der Waals surface area contributed by atoms with Crippen molar-refractivity contribution in [2.24, 2.45) is 0 Å². The molecule has 0 atom stereocenters. The summed E-state index contributed by atoms with van der Waals surface area (Å²) in [5.74, 6) is 0.768. The topological polar surface area (TPSA) is 42.4 Å². The van der Waals surface area contributed by atoms with Gasteiger partial charge in [0.25, 0.3) is 0 Å². The van der Waals surface area contributed by atoms with Crippen LogP contribution in [0.4, 0.5) is 0 Å². The molecule has 0 amide bonds. The zero-order valence-corrected chi connectivity index (χ0v) is 12.8. The number of Topliss-reactive ketones (excluding diaryl/α,β-unsaturated/α-hetero) is 1. The molecule has 2 heterocycles. The van der Waals surface area contributed by atoms with E-state index in [0.29, 0.717) is 11.3 Å². The van der Waals surface area contributed by atoms with Crippen molar-refractivity contribution < 1.29 is 9.53 Å². The summed E-state index contributed by atoms with van der Waals surface area (Å²) in [6, 6.07) is 1.80. The number of rotatable bonds is 5. The molecule has 4 nitrogen and oxygen atoms in total. The summed E-state index contributed by atoms with van der Waals surface area (Å²) in [6.45, 7) is 9.90. The van der Waals surface area contributed by atoms with Crippen LogP contribution in [-0.4, -0.2) is 40.4 Å². The second kappa shape index (κ2) is 5.92. The van der Waals surface area contributed by atoms with Crippen LogP contribution in [0.5, 0.6) is 5.75 Å². The van der Waals surface area contributed by atoms with Gasteiger partial charge in [0, 0.05) is 11.8 Å². The predicted molar refractivity (Wildman–Crippen MR) is 79.2 cm³/mol. The maximum Gasteiger partial charge on any atom is 0.184 e. The van der Waals surface area contributed by atoms with Crippen LogP contribution in [0.15, 0.2) is 18.5 Å². The van der Waals surface area contributed by atoms with Crippen LogP contribution in [0.1, 0.15) is 50.9 Å². The molecular formula is C16H24N2O2. The Hall–Kier alpha value is -1.42. The Balaban J connectivity index is 2.19. The Morgan fingerprint density at radius 2 is 1.95 bits per heavy atom. The van der Waals surface area contributed by atoms with Crippen molar-refractivity contribution in [1.29, 1.82) is 0 Å². The molecule has 1 fully saturated rings. The second-order valence-electron chi connectivity index (χ2n) is 6.16. The van der Waals surface area contributed by atoms with E-state index in [4.69, 9.17) is 4.74 Å². The lowest BCUT2D eigenvalue weighted by Gasteiger charge is -2.33. The number of ketones is 1. The summed E-state index contributed by atoms with van der Waals surface area (Å²) < 4.78 is 5.61. The minimum absolute atomic E-state index is 0.0775. The highest BCUT2D eigenvalue weighted by atomic mass is 16.5. The number of pyridine rings is 1. The van der Waals surface area contributed by atoms with Gasteiger partial charge in [-0.15, -0.1) is 0 Å². The predicted octanol–water partition coefficient (Wildman–Crippen LogP) is 2.93. The number of hydrogen-bond donors (Lipinski definition) is 0. The fourth-order valence-electron chi connectivity index (χ4n) is 2.65. The van der Waals surface area contributed by atoms with Gasteiger partial charge in [-0.25, -0.2) is 0 Å². The summed E-state index contributed by atoms with van der Waals surface area (Å²) in [4.78, 5) is 19.1. The quantitative estimate of drug-likeness (QED) is 0.776. The molecule has 4 heteroatoms. The van der Waals surface area contributed by atoms with E-state index in [-0.39, 0.29) is 11.9 Å². The van der Waals surface area contributed by atoms with E-state index in [1.165, 1.54) is 12.8 Å². The lowest BCUT2D eigenvalue weighted by atomic mass is 9.92. The van der Waals surface area contributed by atoms with Crippen molar-refractivity contribution in [3.05, 3.63) is 24.0 Å². The highest BCUT2D eigenvalue weighted by Crippen LogP contribution is 2.26. The first-order valence-electron chi connectivity index (χ1n) is 7.33. The third-order valence-electron chi connectivity index (χ3n) is 3.80. The molecule has 0 unspecified atom stereocenters. The molecule has 1 saturated heterocycles. The van der Waals surface area contributed by atoms with Gasteiger partial charge in [-0.3, -0.25) is 14.7 Å². The Kier molecular flexibility index (Phi) is 4.43. The maximum atomic E-state index is 12.8. The van der Waals surface area contributed by atoms with Gasteiger partial charge in [-0.1, -0.05) is 0 Å². The number of aromatic nitrogens is 1. The second-order valence-corrected chi connectivity index (χ2v) is 6.16. The van der Waals surface area contributed by atoms with E-state index in [0.717, 1.165) is 13.1 Å². The SMILES string of the molecule is CC(C)Oc1cncc(C(=O)C(C)(C)N2CCCC2)c1. The molecule has 1 aromatic rings. The third-order valence-corrected chi connectivity index (χ3v) is 3.80. The summed E-state index contributed by atoms with van der Waals surface area (Å²) in [6.07, 6.45) is 5.71. The normalized spacial score (nSPS) is 16.6. The Labute approximate surface area is 121 Å². The fraction of sp³-hybridized carbons (Fsp3) is 0.625. The molecule has 0 aliphatic carbocycles. The third kappa shape index (κ3) is 3.18. The van der Waals surface area contributed by atoms with Gasteiger partial charge in [0.1, 0.15) is 5.75 Å². The first-order chi connectivity index (χ1) is 9.41. The van der Waals surface area contributed by atoms with Crippen molar-refractivity contribution in [3.63, 3.8) is 0 Å². The molecular weight excluding hydrogens is 252 g/mol. The van der Waals surface area contributed by atoms with Gasteiger partial charge in [0.15, 0.2) is 5.78 Å². The lowest BCUT2D eigenvalue weighted by molar-refractivity contribution is 0.0701. The van der Waals surface area contributed by atoms with Crippen LogP contribution < -0.4 is 4.74 Å². The fourth-order valence-corrected chi connectivity index (χ4v) is 2.65. The maximum absolute atomic E-state index is 12.8. The first-order valence-corrected chi connectivity index (χ1v) is 7.33. The Morgan fingerprint density at radius 1 is 1.30 bits per heavy atom. The first kappa shape index (κ1) is 15.0. The van der Waals surface area contributed by atoms with E-state index >= 15 is 0 Å². The van der Waals surface area contributed by atoms with Crippen molar-refractivity contribution in [1.82, 2.24) is 9.88 Å². The van der Waals surface area contributed by atoms with Crippen LogP contribution in [-0.2, 0) is 0 Å². The standard InChI is InChI=1S/C16H24N2O2/c1-12(2)20-14-9-13(10-17-11-14)15(19)16(3,4)18-7-5-6-8-18/h9-12H,5-8H2,1-4H3. The molecule has 0 saturated carbocycles. The van der Waals surface area contributed by atoms with Crippen molar-refractivity contribution in [2.75, 3.05) is 13.1 Å². The number of carbonyl (C=O) groups is 1. The largest absolute Gasteiger partial charge is 0.489 e.